The molecule has 2 rings (SSSR count). The molecule has 7 heteroatoms. The van der Waals surface area contributed by atoms with Gasteiger partial charge in [-0.3, -0.25) is 0 Å². The molecule has 2 aromatic heterocycles. The predicted octanol–water partition coefficient (Wildman–Crippen LogP) is 2.72. The van der Waals surface area contributed by atoms with Crippen LogP contribution in [0.1, 0.15) is 28.0 Å². The average molecular weight is 297 g/mol. The standard InChI is InChI=1S/C12H15N3O2S2/c1-4-17-11(16)10-8(2)19-12(14-10)15(3)5-9-6-18-7-13-9/h6-7H,4-5H2,1-3H3. The van der Waals surface area contributed by atoms with Crippen LogP contribution in [-0.2, 0) is 11.3 Å². The van der Waals surface area contributed by atoms with E-state index in [1.165, 1.54) is 11.3 Å². The van der Waals surface area contributed by atoms with Gasteiger partial charge in [-0.05, 0) is 13.8 Å². The normalized spacial score (nSPS) is 10.5. The summed E-state index contributed by atoms with van der Waals surface area (Å²) < 4.78 is 4.98. The summed E-state index contributed by atoms with van der Waals surface area (Å²) in [5, 5.41) is 2.80. The molecule has 0 fully saturated rings. The van der Waals surface area contributed by atoms with Crippen molar-refractivity contribution < 1.29 is 9.53 Å². The maximum Gasteiger partial charge on any atom is 0.358 e. The van der Waals surface area contributed by atoms with Crippen molar-refractivity contribution in [2.24, 2.45) is 0 Å². The Bertz CT molecular complexity index is 551. The highest BCUT2D eigenvalue weighted by atomic mass is 32.1. The van der Waals surface area contributed by atoms with Gasteiger partial charge in [-0.15, -0.1) is 22.7 Å². The number of hydrogen-bond acceptors (Lipinski definition) is 7. The lowest BCUT2D eigenvalue weighted by Gasteiger charge is -2.13. The maximum atomic E-state index is 11.7. The summed E-state index contributed by atoms with van der Waals surface area (Å²) in [6.07, 6.45) is 0. The van der Waals surface area contributed by atoms with Gasteiger partial charge in [0.25, 0.3) is 0 Å². The molecule has 0 radical (unpaired) electrons. The van der Waals surface area contributed by atoms with E-state index in [1.807, 2.05) is 24.3 Å². The first-order chi connectivity index (χ1) is 9.11. The predicted molar refractivity (Wildman–Crippen MR) is 77.0 cm³/mol. The smallest absolute Gasteiger partial charge is 0.358 e. The molecular weight excluding hydrogens is 282 g/mol. The zero-order valence-electron chi connectivity index (χ0n) is 11.0. The van der Waals surface area contributed by atoms with Gasteiger partial charge in [-0.2, -0.15) is 0 Å². The van der Waals surface area contributed by atoms with Crippen molar-refractivity contribution in [3.05, 3.63) is 27.2 Å². The first-order valence-corrected chi connectivity index (χ1v) is 7.60. The van der Waals surface area contributed by atoms with Gasteiger partial charge in [-0.1, -0.05) is 0 Å². The molecule has 2 heterocycles. The Balaban J connectivity index is 2.12. The monoisotopic (exact) mass is 297 g/mol. The third kappa shape index (κ3) is 3.30. The molecule has 0 aliphatic heterocycles. The number of anilines is 1. The van der Waals surface area contributed by atoms with Crippen LogP contribution in [0.4, 0.5) is 5.13 Å². The van der Waals surface area contributed by atoms with Gasteiger partial charge in [0.2, 0.25) is 0 Å². The molecule has 0 saturated heterocycles. The Morgan fingerprint density at radius 1 is 1.53 bits per heavy atom. The molecule has 102 valence electrons. The number of thiazole rings is 2. The summed E-state index contributed by atoms with van der Waals surface area (Å²) in [4.78, 5) is 23.2. The van der Waals surface area contributed by atoms with Gasteiger partial charge in [0.05, 0.1) is 24.4 Å². The molecule has 0 bridgehead atoms. The summed E-state index contributed by atoms with van der Waals surface area (Å²) in [6.45, 7) is 4.71. The van der Waals surface area contributed by atoms with Crippen molar-refractivity contribution in [3.63, 3.8) is 0 Å². The number of carbonyl (C=O) groups excluding carboxylic acids is 1. The van der Waals surface area contributed by atoms with Crippen molar-refractivity contribution in [3.8, 4) is 0 Å². The van der Waals surface area contributed by atoms with E-state index in [-0.39, 0.29) is 5.97 Å². The Morgan fingerprint density at radius 3 is 2.95 bits per heavy atom. The zero-order chi connectivity index (χ0) is 13.8. The van der Waals surface area contributed by atoms with Gasteiger partial charge in [0, 0.05) is 17.3 Å². The zero-order valence-corrected chi connectivity index (χ0v) is 12.7. The van der Waals surface area contributed by atoms with Crippen LogP contribution in [0.3, 0.4) is 0 Å². The average Bonchev–Trinajstić information content (AvgIpc) is 2.98. The van der Waals surface area contributed by atoms with E-state index in [1.54, 1.807) is 23.8 Å². The first-order valence-electron chi connectivity index (χ1n) is 5.84. The molecular formula is C12H15N3O2S2. The number of nitrogens with zero attached hydrogens (tertiary/aromatic N) is 3. The Morgan fingerprint density at radius 2 is 2.32 bits per heavy atom. The summed E-state index contributed by atoms with van der Waals surface area (Å²) in [6, 6.07) is 0. The lowest BCUT2D eigenvalue weighted by atomic mass is 10.4. The third-order valence-electron chi connectivity index (χ3n) is 2.46. The van der Waals surface area contributed by atoms with Gasteiger partial charge in [-0.25, -0.2) is 14.8 Å². The number of carbonyl (C=O) groups is 1. The molecule has 0 aromatic carbocycles. The number of rotatable bonds is 5. The van der Waals surface area contributed by atoms with Crippen LogP contribution in [0.2, 0.25) is 0 Å². The molecule has 0 saturated carbocycles. The van der Waals surface area contributed by atoms with Crippen LogP contribution < -0.4 is 4.90 Å². The molecule has 0 N–H and O–H groups in total. The minimum Gasteiger partial charge on any atom is -0.461 e. The fourth-order valence-electron chi connectivity index (χ4n) is 1.56. The molecule has 0 spiro atoms. The molecule has 0 atom stereocenters. The second-order valence-corrected chi connectivity index (χ2v) is 5.86. The summed E-state index contributed by atoms with van der Waals surface area (Å²) in [5.41, 5.74) is 3.21. The van der Waals surface area contributed by atoms with Crippen LogP contribution in [0.5, 0.6) is 0 Å². The summed E-state index contributed by atoms with van der Waals surface area (Å²) >= 11 is 3.06. The number of aromatic nitrogens is 2. The maximum absolute atomic E-state index is 11.7. The molecule has 0 aliphatic rings. The van der Waals surface area contributed by atoms with E-state index in [0.717, 1.165) is 15.7 Å². The molecule has 0 amide bonds. The lowest BCUT2D eigenvalue weighted by molar-refractivity contribution is 0.0519. The Labute approximate surface area is 119 Å². The number of aryl methyl sites for hydroxylation is 1. The first kappa shape index (κ1) is 14.0. The van der Waals surface area contributed by atoms with Gasteiger partial charge >= 0.3 is 5.97 Å². The second-order valence-electron chi connectivity index (χ2n) is 3.96. The molecule has 2 aromatic rings. The third-order valence-corrected chi connectivity index (χ3v) is 4.18. The fraction of sp³-hybridized carbons (Fsp3) is 0.417. The fourth-order valence-corrected chi connectivity index (χ4v) is 2.97. The summed E-state index contributed by atoms with van der Waals surface area (Å²) in [5.74, 6) is -0.357. The van der Waals surface area contributed by atoms with E-state index in [2.05, 4.69) is 9.97 Å². The van der Waals surface area contributed by atoms with E-state index in [0.29, 0.717) is 18.8 Å². The number of esters is 1. The van der Waals surface area contributed by atoms with Gasteiger partial charge < -0.3 is 9.64 Å². The lowest BCUT2D eigenvalue weighted by Crippen LogP contribution is -2.16. The topological polar surface area (TPSA) is 55.3 Å². The van der Waals surface area contributed by atoms with Gasteiger partial charge in [0.1, 0.15) is 0 Å². The van der Waals surface area contributed by atoms with Crippen molar-refractivity contribution in [2.75, 3.05) is 18.6 Å². The van der Waals surface area contributed by atoms with Crippen molar-refractivity contribution in [2.45, 2.75) is 20.4 Å². The number of hydrogen-bond donors (Lipinski definition) is 0. The van der Waals surface area contributed by atoms with Crippen LogP contribution >= 0.6 is 22.7 Å². The summed E-state index contributed by atoms with van der Waals surface area (Å²) in [7, 11) is 1.94. The largest absolute Gasteiger partial charge is 0.461 e. The van der Waals surface area contributed by atoms with E-state index in [4.69, 9.17) is 4.74 Å². The minimum atomic E-state index is -0.357. The van der Waals surface area contributed by atoms with E-state index in [9.17, 15) is 4.79 Å². The van der Waals surface area contributed by atoms with Crippen molar-refractivity contribution >= 4 is 33.8 Å². The molecule has 0 aliphatic carbocycles. The van der Waals surface area contributed by atoms with E-state index < -0.39 is 0 Å². The van der Waals surface area contributed by atoms with Gasteiger partial charge in [0.15, 0.2) is 10.8 Å². The quantitative estimate of drug-likeness (QED) is 0.794. The van der Waals surface area contributed by atoms with E-state index >= 15 is 0 Å². The van der Waals surface area contributed by atoms with Crippen LogP contribution in [-0.4, -0.2) is 29.6 Å². The highest BCUT2D eigenvalue weighted by Gasteiger charge is 2.18. The Kier molecular flexibility index (Phi) is 4.49. The second kappa shape index (κ2) is 6.12. The highest BCUT2D eigenvalue weighted by Crippen LogP contribution is 2.26. The van der Waals surface area contributed by atoms with Crippen molar-refractivity contribution in [1.29, 1.82) is 0 Å². The van der Waals surface area contributed by atoms with Crippen LogP contribution in [0, 0.1) is 6.92 Å². The molecule has 19 heavy (non-hydrogen) atoms. The van der Waals surface area contributed by atoms with Crippen LogP contribution in [0.15, 0.2) is 10.9 Å². The SMILES string of the molecule is CCOC(=O)c1nc(N(C)Cc2cscn2)sc1C. The minimum absolute atomic E-state index is 0.357. The molecule has 0 unspecified atom stereocenters. The number of ether oxygens (including phenoxy) is 1. The highest BCUT2D eigenvalue weighted by molar-refractivity contribution is 7.15. The van der Waals surface area contributed by atoms with Crippen molar-refractivity contribution in [1.82, 2.24) is 9.97 Å². The Hall–Kier alpha value is -1.47. The molecule has 5 nitrogen and oxygen atoms in total. The van der Waals surface area contributed by atoms with Crippen LogP contribution in [0.25, 0.3) is 0 Å².